The molecule has 9 heteroatoms. The first-order valence-electron chi connectivity index (χ1n) is 8.49. The summed E-state index contributed by atoms with van der Waals surface area (Å²) in [6.45, 7) is 0.679. The van der Waals surface area contributed by atoms with Gasteiger partial charge in [-0.2, -0.15) is 0 Å². The molecular formula is C20H19FN2O6. The summed E-state index contributed by atoms with van der Waals surface area (Å²) < 4.78 is 23.4. The molecule has 0 atom stereocenters. The molecular weight excluding hydrogens is 383 g/mol. The number of ketones is 1. The van der Waals surface area contributed by atoms with E-state index < -0.39 is 30.3 Å². The van der Waals surface area contributed by atoms with Crippen molar-refractivity contribution in [1.29, 1.82) is 0 Å². The van der Waals surface area contributed by atoms with Crippen molar-refractivity contribution in [1.82, 2.24) is 5.32 Å². The molecule has 0 fully saturated rings. The van der Waals surface area contributed by atoms with Crippen LogP contribution in [0.5, 0.6) is 5.75 Å². The van der Waals surface area contributed by atoms with E-state index >= 15 is 0 Å². The molecule has 0 aliphatic heterocycles. The smallest absolute Gasteiger partial charge is 0.326 e. The summed E-state index contributed by atoms with van der Waals surface area (Å²) in [6, 6.07) is 9.09. The van der Waals surface area contributed by atoms with Gasteiger partial charge in [-0.3, -0.25) is 19.7 Å². The first-order valence-corrected chi connectivity index (χ1v) is 8.49. The molecule has 0 saturated carbocycles. The molecule has 2 rings (SSSR count). The molecule has 8 nitrogen and oxygen atoms in total. The quantitative estimate of drug-likeness (QED) is 0.544. The SMILES string of the molecule is COc1ccc(C(C)=O)cc1CC(=O)OCC(=O)NC(=O)Nc1ccccc1F. The number of benzene rings is 2. The zero-order valence-corrected chi connectivity index (χ0v) is 15.8. The van der Waals surface area contributed by atoms with Crippen molar-refractivity contribution >= 4 is 29.4 Å². The third-order valence-electron chi connectivity index (χ3n) is 3.76. The normalized spacial score (nSPS) is 10.0. The number of hydrogen-bond donors (Lipinski definition) is 2. The predicted octanol–water partition coefficient (Wildman–Crippen LogP) is 2.47. The van der Waals surface area contributed by atoms with Crippen LogP contribution in [-0.2, 0) is 20.7 Å². The predicted molar refractivity (Wildman–Crippen MR) is 101 cm³/mol. The number of esters is 1. The topological polar surface area (TPSA) is 111 Å². The molecule has 152 valence electrons. The van der Waals surface area contributed by atoms with Gasteiger partial charge in [-0.05, 0) is 37.3 Å². The van der Waals surface area contributed by atoms with Crippen LogP contribution in [0.3, 0.4) is 0 Å². The Bertz CT molecular complexity index is 944. The molecule has 0 aliphatic carbocycles. The fourth-order valence-electron chi connectivity index (χ4n) is 2.37. The highest BCUT2D eigenvalue weighted by atomic mass is 19.1. The fraction of sp³-hybridized carbons (Fsp3) is 0.200. The Hall–Kier alpha value is -3.75. The number of para-hydroxylation sites is 1. The van der Waals surface area contributed by atoms with Crippen molar-refractivity contribution in [3.8, 4) is 5.75 Å². The number of carbonyl (C=O) groups is 4. The van der Waals surface area contributed by atoms with Gasteiger partial charge < -0.3 is 14.8 Å². The first-order chi connectivity index (χ1) is 13.8. The van der Waals surface area contributed by atoms with Crippen LogP contribution in [0.25, 0.3) is 0 Å². The summed E-state index contributed by atoms with van der Waals surface area (Å²) in [5.41, 5.74) is 0.714. The number of methoxy groups -OCH3 is 1. The molecule has 0 radical (unpaired) electrons. The van der Waals surface area contributed by atoms with Crippen molar-refractivity contribution in [3.63, 3.8) is 0 Å². The van der Waals surface area contributed by atoms with Crippen LogP contribution in [0.4, 0.5) is 14.9 Å². The fourth-order valence-corrected chi connectivity index (χ4v) is 2.37. The van der Waals surface area contributed by atoms with E-state index in [0.29, 0.717) is 16.9 Å². The summed E-state index contributed by atoms with van der Waals surface area (Å²) in [7, 11) is 1.42. The number of Topliss-reactive ketones (excluding diaryl/α,β-unsaturated/α-hetero) is 1. The number of halogens is 1. The summed E-state index contributed by atoms with van der Waals surface area (Å²) >= 11 is 0. The maximum Gasteiger partial charge on any atom is 0.326 e. The van der Waals surface area contributed by atoms with Gasteiger partial charge in [0.1, 0.15) is 11.6 Å². The minimum Gasteiger partial charge on any atom is -0.496 e. The third-order valence-corrected chi connectivity index (χ3v) is 3.76. The van der Waals surface area contributed by atoms with Gasteiger partial charge in [-0.1, -0.05) is 12.1 Å². The Morgan fingerprint density at radius 1 is 1.07 bits per heavy atom. The van der Waals surface area contributed by atoms with Gasteiger partial charge in [0.05, 0.1) is 19.2 Å². The highest BCUT2D eigenvalue weighted by molar-refractivity contribution is 6.02. The number of nitrogens with one attached hydrogen (secondary N) is 2. The third kappa shape index (κ3) is 6.42. The number of hydrogen-bond acceptors (Lipinski definition) is 6. The number of amides is 3. The van der Waals surface area contributed by atoms with E-state index in [0.717, 1.165) is 6.07 Å². The second kappa shape index (κ2) is 9.98. The molecule has 2 N–H and O–H groups in total. The van der Waals surface area contributed by atoms with E-state index in [2.05, 4.69) is 5.32 Å². The van der Waals surface area contributed by atoms with E-state index in [9.17, 15) is 23.6 Å². The Labute approximate surface area is 166 Å². The van der Waals surface area contributed by atoms with Gasteiger partial charge in [0, 0.05) is 11.1 Å². The molecule has 2 aromatic carbocycles. The first kappa shape index (κ1) is 21.5. The van der Waals surface area contributed by atoms with Crippen molar-refractivity contribution < 1.29 is 33.0 Å². The van der Waals surface area contributed by atoms with Crippen LogP contribution in [0.2, 0.25) is 0 Å². The Morgan fingerprint density at radius 3 is 2.45 bits per heavy atom. The zero-order valence-electron chi connectivity index (χ0n) is 15.8. The second-order valence-corrected chi connectivity index (χ2v) is 5.90. The number of rotatable bonds is 7. The van der Waals surface area contributed by atoms with Crippen LogP contribution in [-0.4, -0.2) is 37.4 Å². The largest absolute Gasteiger partial charge is 0.496 e. The molecule has 0 aromatic heterocycles. The number of urea groups is 1. The van der Waals surface area contributed by atoms with Crippen LogP contribution in [0.15, 0.2) is 42.5 Å². The summed E-state index contributed by atoms with van der Waals surface area (Å²) in [4.78, 5) is 46.9. The van der Waals surface area contributed by atoms with E-state index in [1.54, 1.807) is 12.1 Å². The van der Waals surface area contributed by atoms with Crippen LogP contribution >= 0.6 is 0 Å². The molecule has 0 heterocycles. The number of carbonyl (C=O) groups excluding carboxylic acids is 4. The van der Waals surface area contributed by atoms with E-state index in [1.807, 2.05) is 5.32 Å². The molecule has 0 aliphatic rings. The monoisotopic (exact) mass is 402 g/mol. The van der Waals surface area contributed by atoms with Crippen LogP contribution < -0.4 is 15.4 Å². The van der Waals surface area contributed by atoms with E-state index in [1.165, 1.54) is 38.3 Å². The van der Waals surface area contributed by atoms with Crippen molar-refractivity contribution in [2.75, 3.05) is 19.0 Å². The highest BCUT2D eigenvalue weighted by Gasteiger charge is 2.15. The molecule has 0 bridgehead atoms. The summed E-state index contributed by atoms with van der Waals surface area (Å²) in [5.74, 6) is -2.10. The standard InChI is InChI=1S/C20H19FN2O6/c1-12(24)13-7-8-17(28-2)14(9-13)10-19(26)29-11-18(25)23-20(27)22-16-6-4-3-5-15(16)21/h3-9H,10-11H2,1-2H3,(H2,22,23,25,27). The lowest BCUT2D eigenvalue weighted by Gasteiger charge is -2.10. The number of imide groups is 1. The zero-order chi connectivity index (χ0) is 21.4. The summed E-state index contributed by atoms with van der Waals surface area (Å²) in [6.07, 6.45) is -0.237. The molecule has 3 amide bonds. The Kier molecular flexibility index (Phi) is 7.41. The minimum atomic E-state index is -0.966. The number of anilines is 1. The van der Waals surface area contributed by atoms with Crippen molar-refractivity contribution in [2.45, 2.75) is 13.3 Å². The van der Waals surface area contributed by atoms with Gasteiger partial charge in [0.2, 0.25) is 0 Å². The molecule has 2 aromatic rings. The van der Waals surface area contributed by atoms with E-state index in [-0.39, 0.29) is 17.9 Å². The van der Waals surface area contributed by atoms with Gasteiger partial charge in [0.25, 0.3) is 5.91 Å². The lowest BCUT2D eigenvalue weighted by Crippen LogP contribution is -2.37. The highest BCUT2D eigenvalue weighted by Crippen LogP contribution is 2.21. The van der Waals surface area contributed by atoms with Crippen molar-refractivity contribution in [3.05, 3.63) is 59.4 Å². The second-order valence-electron chi connectivity index (χ2n) is 5.90. The molecule has 29 heavy (non-hydrogen) atoms. The lowest BCUT2D eigenvalue weighted by atomic mass is 10.0. The minimum absolute atomic E-state index is 0.104. The maximum absolute atomic E-state index is 13.5. The van der Waals surface area contributed by atoms with Crippen LogP contribution in [0.1, 0.15) is 22.8 Å². The maximum atomic E-state index is 13.5. The Morgan fingerprint density at radius 2 is 1.79 bits per heavy atom. The van der Waals surface area contributed by atoms with Crippen LogP contribution in [0, 0.1) is 5.82 Å². The average molecular weight is 402 g/mol. The van der Waals surface area contributed by atoms with Gasteiger partial charge in [-0.25, -0.2) is 9.18 Å². The Balaban J connectivity index is 1.86. The molecule has 0 saturated heterocycles. The average Bonchev–Trinajstić information content (AvgIpc) is 2.68. The van der Waals surface area contributed by atoms with Gasteiger partial charge in [-0.15, -0.1) is 0 Å². The van der Waals surface area contributed by atoms with E-state index in [4.69, 9.17) is 9.47 Å². The summed E-state index contributed by atoms with van der Waals surface area (Å²) in [5, 5.41) is 4.08. The molecule has 0 unspecified atom stereocenters. The molecule has 0 spiro atoms. The lowest BCUT2D eigenvalue weighted by molar-refractivity contribution is -0.147. The van der Waals surface area contributed by atoms with Gasteiger partial charge >= 0.3 is 12.0 Å². The number of ether oxygens (including phenoxy) is 2. The van der Waals surface area contributed by atoms with Gasteiger partial charge in [0.15, 0.2) is 12.4 Å². The van der Waals surface area contributed by atoms with Crippen molar-refractivity contribution in [2.24, 2.45) is 0 Å².